The second kappa shape index (κ2) is 15.8. The van der Waals surface area contributed by atoms with Crippen molar-refractivity contribution in [2.24, 2.45) is 10.8 Å². The van der Waals surface area contributed by atoms with Gasteiger partial charge in [-0.15, -0.1) is 0 Å². The highest BCUT2D eigenvalue weighted by atomic mass is 16.3. The van der Waals surface area contributed by atoms with E-state index in [-0.39, 0.29) is 22.4 Å². The highest BCUT2D eigenvalue weighted by Gasteiger charge is 2.38. The van der Waals surface area contributed by atoms with Crippen molar-refractivity contribution in [3.63, 3.8) is 0 Å². The molecule has 0 aliphatic heterocycles. The largest absolute Gasteiger partial charge is 0.385 e. The number of hydrogen-bond acceptors (Lipinski definition) is 4. The third-order valence-corrected chi connectivity index (χ3v) is 8.09. The molecule has 2 aliphatic carbocycles. The van der Waals surface area contributed by atoms with Crippen LogP contribution >= 0.6 is 0 Å². The van der Waals surface area contributed by atoms with Crippen molar-refractivity contribution in [2.75, 3.05) is 0 Å². The molecule has 2 aliphatic rings. The lowest BCUT2D eigenvalue weighted by atomic mass is 9.71. The van der Waals surface area contributed by atoms with E-state index in [2.05, 4.69) is 25.7 Å². The molecule has 234 valence electrons. The van der Waals surface area contributed by atoms with E-state index >= 15 is 0 Å². The van der Waals surface area contributed by atoms with Crippen molar-refractivity contribution in [1.29, 1.82) is 0 Å². The average Bonchev–Trinajstić information content (AvgIpc) is 2.92. The zero-order chi connectivity index (χ0) is 33.2. The highest BCUT2D eigenvalue weighted by molar-refractivity contribution is 6.01. The summed E-state index contributed by atoms with van der Waals surface area (Å²) < 4.78 is 0. The standard InChI is InChI=1S/C40H50O4/c1-27(17-13-19-29(3)21-23-33-31(5)37(43)35(41)25-39(33,7)8)15-11-12-16-28(2)18-14-20-30(4)22-24-34-32(6)38(44)36(42)26-40(34,9)10/h11-21,23,35-36,41-42H,25-26H2,1-10H3. The first-order valence-electron chi connectivity index (χ1n) is 15.3. The van der Waals surface area contributed by atoms with Crippen LogP contribution in [0.3, 0.4) is 0 Å². The first-order chi connectivity index (χ1) is 20.5. The Bertz CT molecular complexity index is 1510. The van der Waals surface area contributed by atoms with Gasteiger partial charge < -0.3 is 10.2 Å². The Kier molecular flexibility index (Phi) is 13.1. The number of ketones is 2. The van der Waals surface area contributed by atoms with E-state index in [1.165, 1.54) is 0 Å². The number of Topliss-reactive ketones (excluding diaryl/α,β-unsaturated/α-hetero) is 2. The molecule has 4 nitrogen and oxygen atoms in total. The molecule has 0 aromatic heterocycles. The van der Waals surface area contributed by atoms with E-state index in [0.29, 0.717) is 24.0 Å². The smallest absolute Gasteiger partial charge is 0.187 e. The first-order valence-corrected chi connectivity index (χ1v) is 15.3. The van der Waals surface area contributed by atoms with Crippen LogP contribution in [0.15, 0.2) is 117 Å². The van der Waals surface area contributed by atoms with Gasteiger partial charge in [0.15, 0.2) is 11.6 Å². The maximum absolute atomic E-state index is 12.2. The molecule has 2 rings (SSSR count). The molecular formula is C40H50O4. The van der Waals surface area contributed by atoms with Crippen LogP contribution in [0.25, 0.3) is 0 Å². The molecule has 0 spiro atoms. The van der Waals surface area contributed by atoms with Crippen molar-refractivity contribution in [1.82, 2.24) is 0 Å². The fraction of sp³-hybridized carbons (Fsp3) is 0.400. The molecule has 2 atom stereocenters. The Balaban J connectivity index is 1.97. The van der Waals surface area contributed by atoms with Crippen LogP contribution in [0, 0.1) is 22.7 Å². The van der Waals surface area contributed by atoms with E-state index in [1.54, 1.807) is 13.8 Å². The SMILES string of the molecule is CC(C#CC1=C(C)C(=O)C(O)CC1(C)C)=CC=CC(C)=CC=CC=C(C)C=CC=C(C)C=CC1=C(C)C(=O)C(O)CC1(C)C. The van der Waals surface area contributed by atoms with Crippen LogP contribution in [-0.4, -0.2) is 34.0 Å². The third-order valence-electron chi connectivity index (χ3n) is 8.09. The van der Waals surface area contributed by atoms with Crippen LogP contribution in [0.4, 0.5) is 0 Å². The summed E-state index contributed by atoms with van der Waals surface area (Å²) in [5, 5.41) is 20.0. The van der Waals surface area contributed by atoms with Gasteiger partial charge in [-0.25, -0.2) is 0 Å². The quantitative estimate of drug-likeness (QED) is 0.219. The first kappa shape index (κ1) is 36.4. The minimum absolute atomic E-state index is 0.177. The van der Waals surface area contributed by atoms with Gasteiger partial charge in [-0.05, 0) is 76.5 Å². The van der Waals surface area contributed by atoms with Crippen molar-refractivity contribution in [3.05, 3.63) is 117 Å². The Morgan fingerprint density at radius 1 is 0.682 bits per heavy atom. The van der Waals surface area contributed by atoms with Crippen molar-refractivity contribution in [2.45, 2.75) is 94.3 Å². The fourth-order valence-electron chi connectivity index (χ4n) is 5.44. The van der Waals surface area contributed by atoms with Gasteiger partial charge in [0.05, 0.1) is 0 Å². The molecule has 2 unspecified atom stereocenters. The Labute approximate surface area is 265 Å². The van der Waals surface area contributed by atoms with Gasteiger partial charge in [-0.3, -0.25) is 9.59 Å². The van der Waals surface area contributed by atoms with Gasteiger partial charge in [0.1, 0.15) is 12.2 Å². The lowest BCUT2D eigenvalue weighted by molar-refractivity contribution is -0.126. The van der Waals surface area contributed by atoms with E-state index in [1.807, 2.05) is 114 Å². The summed E-state index contributed by atoms with van der Waals surface area (Å²) in [7, 11) is 0. The van der Waals surface area contributed by atoms with Gasteiger partial charge >= 0.3 is 0 Å². The molecular weight excluding hydrogens is 544 g/mol. The summed E-state index contributed by atoms with van der Waals surface area (Å²) in [5.41, 5.74) is 6.58. The summed E-state index contributed by atoms with van der Waals surface area (Å²) in [6, 6.07) is 0. The topological polar surface area (TPSA) is 74.6 Å². The number of aliphatic hydroxyl groups is 2. The Morgan fingerprint density at radius 2 is 1.14 bits per heavy atom. The molecule has 0 aromatic carbocycles. The van der Waals surface area contributed by atoms with Gasteiger partial charge in [-0.1, -0.05) is 129 Å². The number of carbonyl (C=O) groups is 2. The molecule has 4 heteroatoms. The van der Waals surface area contributed by atoms with E-state index in [0.717, 1.165) is 33.4 Å². The van der Waals surface area contributed by atoms with E-state index in [9.17, 15) is 19.8 Å². The second-order valence-electron chi connectivity index (χ2n) is 13.2. The Morgan fingerprint density at radius 3 is 1.70 bits per heavy atom. The summed E-state index contributed by atoms with van der Waals surface area (Å²) in [5.74, 6) is 5.93. The predicted octanol–water partition coefficient (Wildman–Crippen LogP) is 8.35. The van der Waals surface area contributed by atoms with Crippen LogP contribution in [0.1, 0.15) is 82.1 Å². The molecule has 44 heavy (non-hydrogen) atoms. The van der Waals surface area contributed by atoms with E-state index < -0.39 is 12.2 Å². The average molecular weight is 595 g/mol. The second-order valence-corrected chi connectivity index (χ2v) is 13.2. The molecule has 0 heterocycles. The third kappa shape index (κ3) is 10.4. The minimum atomic E-state index is -0.940. The van der Waals surface area contributed by atoms with Crippen LogP contribution in [0.5, 0.6) is 0 Å². The van der Waals surface area contributed by atoms with Crippen LogP contribution in [0.2, 0.25) is 0 Å². The molecule has 2 N–H and O–H groups in total. The van der Waals surface area contributed by atoms with Crippen LogP contribution in [-0.2, 0) is 9.59 Å². The predicted molar refractivity (Wildman–Crippen MR) is 184 cm³/mol. The summed E-state index contributed by atoms with van der Waals surface area (Å²) in [6.07, 6.45) is 23.1. The van der Waals surface area contributed by atoms with Crippen molar-refractivity contribution in [3.8, 4) is 11.8 Å². The summed E-state index contributed by atoms with van der Waals surface area (Å²) in [6.45, 7) is 19.7. The number of hydrogen-bond donors (Lipinski definition) is 2. The van der Waals surface area contributed by atoms with E-state index in [4.69, 9.17) is 0 Å². The van der Waals surface area contributed by atoms with Gasteiger partial charge in [0, 0.05) is 16.6 Å². The molecule has 0 radical (unpaired) electrons. The molecule has 0 saturated carbocycles. The summed E-state index contributed by atoms with van der Waals surface area (Å²) >= 11 is 0. The zero-order valence-electron chi connectivity index (χ0n) is 28.2. The lowest BCUT2D eigenvalue weighted by Gasteiger charge is -2.34. The maximum atomic E-state index is 12.2. The van der Waals surface area contributed by atoms with Crippen molar-refractivity contribution < 1.29 is 19.8 Å². The van der Waals surface area contributed by atoms with Gasteiger partial charge in [0.25, 0.3) is 0 Å². The number of allylic oxidation sites excluding steroid dienone is 18. The molecule has 0 aromatic rings. The lowest BCUT2D eigenvalue weighted by Crippen LogP contribution is -2.35. The number of aliphatic hydroxyl groups excluding tert-OH is 2. The molecule has 0 fully saturated rings. The fourth-order valence-corrected chi connectivity index (χ4v) is 5.44. The van der Waals surface area contributed by atoms with Gasteiger partial charge in [0.2, 0.25) is 0 Å². The molecule has 0 saturated heterocycles. The van der Waals surface area contributed by atoms with Gasteiger partial charge in [-0.2, -0.15) is 0 Å². The normalized spacial score (nSPS) is 24.0. The molecule has 0 bridgehead atoms. The molecule has 0 amide bonds. The number of rotatable bonds is 8. The highest BCUT2D eigenvalue weighted by Crippen LogP contribution is 2.40. The Hall–Kier alpha value is -3.78. The van der Waals surface area contributed by atoms with Crippen molar-refractivity contribution >= 4 is 11.6 Å². The monoisotopic (exact) mass is 594 g/mol. The maximum Gasteiger partial charge on any atom is 0.187 e. The summed E-state index contributed by atoms with van der Waals surface area (Å²) in [4.78, 5) is 24.4. The minimum Gasteiger partial charge on any atom is -0.385 e. The number of carbonyl (C=O) groups excluding carboxylic acids is 2. The zero-order valence-corrected chi connectivity index (χ0v) is 28.2. The van der Waals surface area contributed by atoms with Crippen LogP contribution < -0.4 is 0 Å².